The molecular weight excluding hydrogens is 232 g/mol. The van der Waals surface area contributed by atoms with Crippen molar-refractivity contribution in [1.82, 2.24) is 5.32 Å². The zero-order valence-corrected chi connectivity index (χ0v) is 12.4. The number of hydrogen-bond donors (Lipinski definition) is 1. The van der Waals surface area contributed by atoms with Crippen molar-refractivity contribution >= 4 is 5.69 Å². The Morgan fingerprint density at radius 2 is 1.95 bits per heavy atom. The molecule has 0 amide bonds. The van der Waals surface area contributed by atoms with E-state index in [2.05, 4.69) is 55.3 Å². The van der Waals surface area contributed by atoms with Crippen molar-refractivity contribution in [2.75, 3.05) is 18.0 Å². The molecular formula is C17H26N2. The molecule has 19 heavy (non-hydrogen) atoms. The summed E-state index contributed by atoms with van der Waals surface area (Å²) in [6.45, 7) is 9.15. The van der Waals surface area contributed by atoms with Gasteiger partial charge in [0.05, 0.1) is 0 Å². The van der Waals surface area contributed by atoms with Crippen molar-refractivity contribution in [1.29, 1.82) is 0 Å². The molecule has 1 heterocycles. The highest BCUT2D eigenvalue weighted by Gasteiger charge is 2.45. The molecule has 0 aromatic heterocycles. The SMILES string of the molecule is CCC1CNC(C)(C2CC2)CN1c1ccc(C)cc1. The predicted molar refractivity (Wildman–Crippen MR) is 81.7 cm³/mol. The molecule has 0 spiro atoms. The monoisotopic (exact) mass is 258 g/mol. The standard InChI is InChI=1S/C17H26N2/c1-4-15-11-18-17(3,14-7-8-14)12-19(15)16-9-5-13(2)6-10-16/h5-6,9-10,14-15,18H,4,7-8,11-12H2,1-3H3. The van der Waals surface area contributed by atoms with Crippen molar-refractivity contribution < 1.29 is 0 Å². The first-order chi connectivity index (χ1) is 9.12. The molecule has 1 aromatic rings. The van der Waals surface area contributed by atoms with Gasteiger partial charge >= 0.3 is 0 Å². The Morgan fingerprint density at radius 1 is 1.26 bits per heavy atom. The van der Waals surface area contributed by atoms with Crippen LogP contribution in [0.1, 0.15) is 38.7 Å². The zero-order valence-electron chi connectivity index (χ0n) is 12.4. The van der Waals surface area contributed by atoms with Crippen LogP contribution < -0.4 is 10.2 Å². The average molecular weight is 258 g/mol. The summed E-state index contributed by atoms with van der Waals surface area (Å²) in [6.07, 6.45) is 4.02. The summed E-state index contributed by atoms with van der Waals surface area (Å²) in [7, 11) is 0. The first kappa shape index (κ1) is 13.0. The Balaban J connectivity index is 1.84. The highest BCUT2D eigenvalue weighted by molar-refractivity contribution is 5.50. The lowest BCUT2D eigenvalue weighted by Gasteiger charge is -2.47. The van der Waals surface area contributed by atoms with Gasteiger partial charge < -0.3 is 10.2 Å². The fraction of sp³-hybridized carbons (Fsp3) is 0.647. The van der Waals surface area contributed by atoms with E-state index in [1.165, 1.54) is 30.5 Å². The van der Waals surface area contributed by atoms with Gasteiger partial charge in [-0.3, -0.25) is 0 Å². The van der Waals surface area contributed by atoms with Gasteiger partial charge in [-0.05, 0) is 51.2 Å². The van der Waals surface area contributed by atoms with Crippen LogP contribution >= 0.6 is 0 Å². The molecule has 0 bridgehead atoms. The lowest BCUT2D eigenvalue weighted by molar-refractivity contribution is 0.252. The first-order valence-corrected chi connectivity index (χ1v) is 7.71. The molecule has 3 rings (SSSR count). The minimum Gasteiger partial charge on any atom is -0.365 e. The Kier molecular flexibility index (Phi) is 3.30. The van der Waals surface area contributed by atoms with E-state index >= 15 is 0 Å². The predicted octanol–water partition coefficient (Wildman–Crippen LogP) is 3.35. The molecule has 2 nitrogen and oxygen atoms in total. The third kappa shape index (κ3) is 2.51. The topological polar surface area (TPSA) is 15.3 Å². The molecule has 1 saturated carbocycles. The molecule has 2 fully saturated rings. The molecule has 104 valence electrons. The molecule has 1 N–H and O–H groups in total. The summed E-state index contributed by atoms with van der Waals surface area (Å²) in [6, 6.07) is 9.68. The van der Waals surface area contributed by atoms with E-state index in [0.717, 1.165) is 19.0 Å². The summed E-state index contributed by atoms with van der Waals surface area (Å²) in [4.78, 5) is 2.63. The van der Waals surface area contributed by atoms with Gasteiger partial charge in [-0.15, -0.1) is 0 Å². The quantitative estimate of drug-likeness (QED) is 0.894. The summed E-state index contributed by atoms with van der Waals surface area (Å²) < 4.78 is 0. The molecule has 2 aliphatic rings. The highest BCUT2D eigenvalue weighted by atomic mass is 15.3. The number of nitrogens with zero attached hydrogens (tertiary/aromatic N) is 1. The maximum atomic E-state index is 3.83. The van der Waals surface area contributed by atoms with Crippen LogP contribution in [0.5, 0.6) is 0 Å². The van der Waals surface area contributed by atoms with Crippen LogP contribution in [0.3, 0.4) is 0 Å². The fourth-order valence-electron chi connectivity index (χ4n) is 3.40. The highest BCUT2D eigenvalue weighted by Crippen LogP contribution is 2.42. The molecule has 2 heteroatoms. The number of benzene rings is 1. The summed E-state index contributed by atoms with van der Waals surface area (Å²) in [5.74, 6) is 0.887. The Morgan fingerprint density at radius 3 is 2.53 bits per heavy atom. The van der Waals surface area contributed by atoms with Crippen LogP contribution in [0, 0.1) is 12.8 Å². The van der Waals surface area contributed by atoms with Crippen LogP contribution in [0.4, 0.5) is 5.69 Å². The van der Waals surface area contributed by atoms with E-state index in [1.807, 2.05) is 0 Å². The minimum atomic E-state index is 0.316. The van der Waals surface area contributed by atoms with Crippen LogP contribution in [-0.4, -0.2) is 24.7 Å². The second kappa shape index (κ2) is 4.82. The number of nitrogens with one attached hydrogen (secondary N) is 1. The van der Waals surface area contributed by atoms with E-state index in [0.29, 0.717) is 11.6 Å². The third-order valence-electron chi connectivity index (χ3n) is 5.00. The molecule has 1 saturated heterocycles. The van der Waals surface area contributed by atoms with Crippen molar-refractivity contribution in [2.45, 2.75) is 51.6 Å². The van der Waals surface area contributed by atoms with Gasteiger partial charge in [0, 0.05) is 30.4 Å². The Labute approximate surface area is 117 Å². The van der Waals surface area contributed by atoms with E-state index in [1.54, 1.807) is 0 Å². The van der Waals surface area contributed by atoms with Crippen molar-refractivity contribution in [3.8, 4) is 0 Å². The molecule has 1 aliphatic heterocycles. The molecule has 0 radical (unpaired) electrons. The van der Waals surface area contributed by atoms with Crippen LogP contribution in [0.2, 0.25) is 0 Å². The van der Waals surface area contributed by atoms with Crippen LogP contribution in [0.15, 0.2) is 24.3 Å². The van der Waals surface area contributed by atoms with Gasteiger partial charge in [-0.2, -0.15) is 0 Å². The lowest BCUT2D eigenvalue weighted by Crippen LogP contribution is -2.64. The van der Waals surface area contributed by atoms with Gasteiger partial charge in [-0.1, -0.05) is 24.6 Å². The number of anilines is 1. The van der Waals surface area contributed by atoms with Crippen molar-refractivity contribution in [3.63, 3.8) is 0 Å². The van der Waals surface area contributed by atoms with E-state index in [4.69, 9.17) is 0 Å². The average Bonchev–Trinajstić information content (AvgIpc) is 3.24. The van der Waals surface area contributed by atoms with Gasteiger partial charge in [0.15, 0.2) is 0 Å². The third-order valence-corrected chi connectivity index (χ3v) is 5.00. The fourth-order valence-corrected chi connectivity index (χ4v) is 3.40. The van der Waals surface area contributed by atoms with Crippen LogP contribution in [0.25, 0.3) is 0 Å². The molecule has 1 aliphatic carbocycles. The Bertz CT molecular complexity index is 435. The zero-order chi connectivity index (χ0) is 13.5. The second-order valence-electron chi connectivity index (χ2n) is 6.60. The van der Waals surface area contributed by atoms with Crippen molar-refractivity contribution in [3.05, 3.63) is 29.8 Å². The minimum absolute atomic E-state index is 0.316. The maximum absolute atomic E-state index is 3.83. The van der Waals surface area contributed by atoms with E-state index in [-0.39, 0.29) is 0 Å². The maximum Gasteiger partial charge on any atom is 0.0412 e. The molecule has 2 unspecified atom stereocenters. The number of aryl methyl sites for hydroxylation is 1. The van der Waals surface area contributed by atoms with E-state index < -0.39 is 0 Å². The number of rotatable bonds is 3. The van der Waals surface area contributed by atoms with Gasteiger partial charge in [0.25, 0.3) is 0 Å². The van der Waals surface area contributed by atoms with Gasteiger partial charge in [0.1, 0.15) is 0 Å². The van der Waals surface area contributed by atoms with Gasteiger partial charge in [-0.25, -0.2) is 0 Å². The van der Waals surface area contributed by atoms with Crippen LogP contribution in [-0.2, 0) is 0 Å². The van der Waals surface area contributed by atoms with E-state index in [9.17, 15) is 0 Å². The summed E-state index contributed by atoms with van der Waals surface area (Å²) >= 11 is 0. The van der Waals surface area contributed by atoms with Gasteiger partial charge in [0.2, 0.25) is 0 Å². The summed E-state index contributed by atoms with van der Waals surface area (Å²) in [5.41, 5.74) is 3.05. The first-order valence-electron chi connectivity index (χ1n) is 7.71. The van der Waals surface area contributed by atoms with Crippen molar-refractivity contribution in [2.24, 2.45) is 5.92 Å². The normalized spacial score (nSPS) is 31.5. The molecule has 2 atom stereocenters. The molecule has 1 aromatic carbocycles. The second-order valence-corrected chi connectivity index (χ2v) is 6.60. The smallest absolute Gasteiger partial charge is 0.0412 e. The lowest BCUT2D eigenvalue weighted by atomic mass is 9.90. The largest absolute Gasteiger partial charge is 0.365 e. The number of piperazine rings is 1. The number of hydrogen-bond acceptors (Lipinski definition) is 2. The summed E-state index contributed by atoms with van der Waals surface area (Å²) in [5, 5.41) is 3.83. The Hall–Kier alpha value is -1.02.